The van der Waals surface area contributed by atoms with E-state index in [1.165, 1.54) is 0 Å². The van der Waals surface area contributed by atoms with Gasteiger partial charge in [0.05, 0.1) is 11.1 Å². The third kappa shape index (κ3) is 3.63. The molecule has 1 atom stereocenters. The SMILES string of the molecule is C=CCc1cccc(Br)c1OCC(O)CO. The minimum Gasteiger partial charge on any atom is -0.489 e. The van der Waals surface area contributed by atoms with Gasteiger partial charge in [-0.05, 0) is 34.0 Å². The van der Waals surface area contributed by atoms with Crippen molar-refractivity contribution in [3.63, 3.8) is 0 Å². The maximum atomic E-state index is 9.22. The predicted molar refractivity (Wildman–Crippen MR) is 66.6 cm³/mol. The highest BCUT2D eigenvalue weighted by molar-refractivity contribution is 9.10. The smallest absolute Gasteiger partial charge is 0.137 e. The van der Waals surface area contributed by atoms with E-state index in [9.17, 15) is 5.11 Å². The summed E-state index contributed by atoms with van der Waals surface area (Å²) < 4.78 is 6.30. The third-order valence-electron chi connectivity index (χ3n) is 2.04. The van der Waals surface area contributed by atoms with Gasteiger partial charge in [0.1, 0.15) is 18.5 Å². The first-order chi connectivity index (χ1) is 7.69. The summed E-state index contributed by atoms with van der Waals surface area (Å²) in [6.07, 6.45) is 1.63. The fourth-order valence-corrected chi connectivity index (χ4v) is 1.79. The van der Waals surface area contributed by atoms with Crippen LogP contribution in [0.25, 0.3) is 0 Å². The van der Waals surface area contributed by atoms with Crippen LogP contribution in [0.1, 0.15) is 5.56 Å². The molecule has 88 valence electrons. The van der Waals surface area contributed by atoms with Crippen molar-refractivity contribution in [2.24, 2.45) is 0 Å². The zero-order valence-electron chi connectivity index (χ0n) is 8.90. The molecular weight excluding hydrogens is 272 g/mol. The number of allylic oxidation sites excluding steroid dienone is 1. The number of para-hydroxylation sites is 1. The van der Waals surface area contributed by atoms with Gasteiger partial charge in [0.2, 0.25) is 0 Å². The standard InChI is InChI=1S/C12H15BrO3/c1-2-4-9-5-3-6-11(13)12(9)16-8-10(15)7-14/h2-3,5-6,10,14-15H,1,4,7-8H2. The van der Waals surface area contributed by atoms with Crippen molar-refractivity contribution in [2.45, 2.75) is 12.5 Å². The van der Waals surface area contributed by atoms with E-state index < -0.39 is 6.10 Å². The van der Waals surface area contributed by atoms with Crippen LogP contribution in [0.15, 0.2) is 35.3 Å². The van der Waals surface area contributed by atoms with E-state index in [1.54, 1.807) is 6.08 Å². The van der Waals surface area contributed by atoms with Crippen LogP contribution in [-0.2, 0) is 6.42 Å². The number of aliphatic hydroxyl groups is 2. The Morgan fingerprint density at radius 3 is 2.88 bits per heavy atom. The zero-order chi connectivity index (χ0) is 12.0. The van der Waals surface area contributed by atoms with E-state index >= 15 is 0 Å². The summed E-state index contributed by atoms with van der Waals surface area (Å²) in [7, 11) is 0. The Bertz CT molecular complexity index is 352. The van der Waals surface area contributed by atoms with Gasteiger partial charge in [-0.3, -0.25) is 0 Å². The first-order valence-electron chi connectivity index (χ1n) is 4.99. The average molecular weight is 287 g/mol. The van der Waals surface area contributed by atoms with Crippen LogP contribution in [0, 0.1) is 0 Å². The molecule has 0 heterocycles. The molecule has 0 saturated carbocycles. The molecule has 16 heavy (non-hydrogen) atoms. The van der Waals surface area contributed by atoms with Gasteiger partial charge in [-0.1, -0.05) is 18.2 Å². The molecule has 0 spiro atoms. The highest BCUT2D eigenvalue weighted by Crippen LogP contribution is 2.29. The van der Waals surface area contributed by atoms with Crippen LogP contribution in [0.5, 0.6) is 5.75 Å². The van der Waals surface area contributed by atoms with Crippen LogP contribution in [-0.4, -0.2) is 29.5 Å². The Balaban J connectivity index is 2.79. The molecule has 1 aromatic rings. The van der Waals surface area contributed by atoms with Crippen molar-refractivity contribution in [1.29, 1.82) is 0 Å². The van der Waals surface area contributed by atoms with E-state index in [0.717, 1.165) is 10.0 Å². The van der Waals surface area contributed by atoms with Crippen molar-refractivity contribution < 1.29 is 14.9 Å². The highest BCUT2D eigenvalue weighted by Gasteiger charge is 2.09. The molecule has 0 bridgehead atoms. The van der Waals surface area contributed by atoms with Gasteiger partial charge in [-0.2, -0.15) is 0 Å². The van der Waals surface area contributed by atoms with Crippen LogP contribution in [0.2, 0.25) is 0 Å². The van der Waals surface area contributed by atoms with Crippen LogP contribution in [0.3, 0.4) is 0 Å². The highest BCUT2D eigenvalue weighted by atomic mass is 79.9. The molecule has 0 aliphatic heterocycles. The molecule has 3 nitrogen and oxygen atoms in total. The minimum absolute atomic E-state index is 0.0727. The molecule has 0 fully saturated rings. The van der Waals surface area contributed by atoms with E-state index in [1.807, 2.05) is 18.2 Å². The number of benzene rings is 1. The summed E-state index contributed by atoms with van der Waals surface area (Å²) in [6, 6.07) is 5.72. The molecule has 0 aliphatic carbocycles. The fourth-order valence-electron chi connectivity index (χ4n) is 1.26. The molecule has 2 N–H and O–H groups in total. The third-order valence-corrected chi connectivity index (χ3v) is 2.67. The Morgan fingerprint density at radius 1 is 1.50 bits per heavy atom. The molecule has 0 saturated heterocycles. The molecule has 1 aromatic carbocycles. The minimum atomic E-state index is -0.858. The number of ether oxygens (including phenoxy) is 1. The summed E-state index contributed by atoms with van der Waals surface area (Å²) in [4.78, 5) is 0. The van der Waals surface area contributed by atoms with Crippen LogP contribution < -0.4 is 4.74 Å². The zero-order valence-corrected chi connectivity index (χ0v) is 10.5. The summed E-state index contributed by atoms with van der Waals surface area (Å²) in [5, 5.41) is 17.9. The molecule has 4 heteroatoms. The number of hydrogen-bond donors (Lipinski definition) is 2. The summed E-state index contributed by atoms with van der Waals surface area (Å²) in [5.41, 5.74) is 0.995. The van der Waals surface area contributed by atoms with Crippen LogP contribution >= 0.6 is 15.9 Å². The van der Waals surface area contributed by atoms with Crippen molar-refractivity contribution >= 4 is 15.9 Å². The first-order valence-corrected chi connectivity index (χ1v) is 5.78. The number of halogens is 1. The van der Waals surface area contributed by atoms with Crippen LogP contribution in [0.4, 0.5) is 0 Å². The Morgan fingerprint density at radius 2 is 2.25 bits per heavy atom. The predicted octanol–water partition coefficient (Wildman–Crippen LogP) is 1.91. The monoisotopic (exact) mass is 286 g/mol. The normalized spacial score (nSPS) is 12.2. The van der Waals surface area contributed by atoms with Gasteiger partial charge in [0.15, 0.2) is 0 Å². The van der Waals surface area contributed by atoms with E-state index in [4.69, 9.17) is 9.84 Å². The first kappa shape index (κ1) is 13.2. The second-order valence-electron chi connectivity index (χ2n) is 3.37. The summed E-state index contributed by atoms with van der Waals surface area (Å²) in [6.45, 7) is 3.45. The fraction of sp³-hybridized carbons (Fsp3) is 0.333. The molecule has 1 unspecified atom stereocenters. The molecule has 0 aliphatic rings. The Labute approximate surface area is 104 Å². The molecule has 0 amide bonds. The van der Waals surface area contributed by atoms with E-state index in [0.29, 0.717) is 12.2 Å². The number of rotatable bonds is 6. The van der Waals surface area contributed by atoms with Crippen molar-refractivity contribution in [3.8, 4) is 5.75 Å². The van der Waals surface area contributed by atoms with E-state index in [2.05, 4.69) is 22.5 Å². The lowest BCUT2D eigenvalue weighted by Crippen LogP contribution is -2.21. The van der Waals surface area contributed by atoms with Gasteiger partial charge in [-0.15, -0.1) is 6.58 Å². The van der Waals surface area contributed by atoms with Crippen molar-refractivity contribution in [1.82, 2.24) is 0 Å². The maximum absolute atomic E-state index is 9.22. The molecule has 0 aromatic heterocycles. The summed E-state index contributed by atoms with van der Waals surface area (Å²) >= 11 is 3.39. The van der Waals surface area contributed by atoms with Gasteiger partial charge >= 0.3 is 0 Å². The largest absolute Gasteiger partial charge is 0.489 e. The second-order valence-corrected chi connectivity index (χ2v) is 4.22. The topological polar surface area (TPSA) is 49.7 Å². The van der Waals surface area contributed by atoms with Gasteiger partial charge in [0, 0.05) is 0 Å². The lowest BCUT2D eigenvalue weighted by atomic mass is 10.1. The average Bonchev–Trinajstić information content (AvgIpc) is 2.28. The molecule has 1 rings (SSSR count). The Hall–Kier alpha value is -0.840. The van der Waals surface area contributed by atoms with E-state index in [-0.39, 0.29) is 13.2 Å². The molecule has 0 radical (unpaired) electrons. The van der Waals surface area contributed by atoms with Gasteiger partial charge in [0.25, 0.3) is 0 Å². The number of aliphatic hydroxyl groups excluding tert-OH is 2. The van der Waals surface area contributed by atoms with Gasteiger partial charge < -0.3 is 14.9 Å². The van der Waals surface area contributed by atoms with Crippen molar-refractivity contribution in [2.75, 3.05) is 13.2 Å². The lowest BCUT2D eigenvalue weighted by molar-refractivity contribution is 0.0531. The quantitative estimate of drug-likeness (QED) is 0.786. The second kappa shape index (κ2) is 6.68. The van der Waals surface area contributed by atoms with Gasteiger partial charge in [-0.25, -0.2) is 0 Å². The Kier molecular flexibility index (Phi) is 5.52. The summed E-state index contributed by atoms with van der Waals surface area (Å²) in [5.74, 6) is 0.690. The lowest BCUT2D eigenvalue weighted by Gasteiger charge is -2.14. The maximum Gasteiger partial charge on any atom is 0.137 e. The molecular formula is C12H15BrO3. The van der Waals surface area contributed by atoms with Crippen molar-refractivity contribution in [3.05, 3.63) is 40.9 Å². The number of hydrogen-bond acceptors (Lipinski definition) is 3.